The van der Waals surface area contributed by atoms with E-state index in [0.29, 0.717) is 10.9 Å². The van der Waals surface area contributed by atoms with E-state index in [0.717, 1.165) is 0 Å². The van der Waals surface area contributed by atoms with E-state index in [1.165, 1.54) is 16.6 Å². The smallest absolute Gasteiger partial charge is 0.408 e. The number of alkyl carbamates (subject to hydrolysis) is 1. The van der Waals surface area contributed by atoms with Crippen molar-refractivity contribution in [3.63, 3.8) is 0 Å². The lowest BCUT2D eigenvalue weighted by atomic mass is 10.0. The summed E-state index contributed by atoms with van der Waals surface area (Å²) >= 11 is 3.21. The number of halogens is 1. The molecule has 1 aliphatic rings. The van der Waals surface area contributed by atoms with Crippen LogP contribution in [0.1, 0.15) is 34.1 Å². The second kappa shape index (κ2) is 6.73. The molecular formula is C15H23BrN4O4S. The summed E-state index contributed by atoms with van der Waals surface area (Å²) in [7, 11) is -3.81. The SMILES string of the molecule is CC(C)(C)OC(=O)N[C@]1(C)CCN(S(=O)(=O)c2cc(Br)cnc2N)C1. The highest BCUT2D eigenvalue weighted by Crippen LogP contribution is 2.30. The molecule has 1 fully saturated rings. The molecule has 0 aromatic carbocycles. The molecule has 0 unspecified atom stereocenters. The van der Waals surface area contributed by atoms with Gasteiger partial charge in [-0.2, -0.15) is 4.31 Å². The Hall–Kier alpha value is -1.39. The minimum absolute atomic E-state index is 0.0524. The first-order valence-corrected chi connectivity index (χ1v) is 9.98. The normalized spacial score (nSPS) is 22.0. The van der Waals surface area contributed by atoms with E-state index in [1.54, 1.807) is 27.7 Å². The number of nitrogen functional groups attached to an aromatic ring is 1. The lowest BCUT2D eigenvalue weighted by Crippen LogP contribution is -2.50. The number of hydrogen-bond donors (Lipinski definition) is 2. The summed E-state index contributed by atoms with van der Waals surface area (Å²) in [6.07, 6.45) is 1.33. The van der Waals surface area contributed by atoms with E-state index < -0.39 is 27.3 Å². The number of anilines is 1. The predicted octanol–water partition coefficient (Wildman–Crippen LogP) is 2.10. The van der Waals surface area contributed by atoms with Gasteiger partial charge < -0.3 is 15.8 Å². The molecule has 0 saturated carbocycles. The maximum atomic E-state index is 12.9. The van der Waals surface area contributed by atoms with E-state index in [2.05, 4.69) is 26.2 Å². The first-order valence-electron chi connectivity index (χ1n) is 7.75. The number of carbonyl (C=O) groups is 1. The van der Waals surface area contributed by atoms with Gasteiger partial charge in [-0.1, -0.05) is 0 Å². The van der Waals surface area contributed by atoms with E-state index in [9.17, 15) is 13.2 Å². The van der Waals surface area contributed by atoms with Crippen LogP contribution < -0.4 is 11.1 Å². The third-order valence-electron chi connectivity index (χ3n) is 3.71. The molecule has 1 atom stereocenters. The fraction of sp³-hybridized carbons (Fsp3) is 0.600. The average molecular weight is 435 g/mol. The van der Waals surface area contributed by atoms with Crippen molar-refractivity contribution >= 4 is 37.9 Å². The number of amides is 1. The van der Waals surface area contributed by atoms with Crippen molar-refractivity contribution in [1.29, 1.82) is 0 Å². The van der Waals surface area contributed by atoms with Crippen molar-refractivity contribution in [3.8, 4) is 0 Å². The van der Waals surface area contributed by atoms with Crippen LogP contribution in [0.4, 0.5) is 10.6 Å². The van der Waals surface area contributed by atoms with Gasteiger partial charge in [0, 0.05) is 23.8 Å². The third kappa shape index (κ3) is 4.83. The van der Waals surface area contributed by atoms with Crippen molar-refractivity contribution in [2.45, 2.75) is 50.2 Å². The fourth-order valence-corrected chi connectivity index (χ4v) is 4.69. The summed E-state index contributed by atoms with van der Waals surface area (Å²) in [4.78, 5) is 15.8. The van der Waals surface area contributed by atoms with Gasteiger partial charge in [0.25, 0.3) is 0 Å². The van der Waals surface area contributed by atoms with Gasteiger partial charge in [0.15, 0.2) is 0 Å². The molecule has 0 bridgehead atoms. The van der Waals surface area contributed by atoms with Gasteiger partial charge in [-0.05, 0) is 56.1 Å². The van der Waals surface area contributed by atoms with Crippen LogP contribution in [0.3, 0.4) is 0 Å². The van der Waals surface area contributed by atoms with Gasteiger partial charge in [-0.25, -0.2) is 18.2 Å². The quantitative estimate of drug-likeness (QED) is 0.752. The number of nitrogens with two attached hydrogens (primary N) is 1. The highest BCUT2D eigenvalue weighted by molar-refractivity contribution is 9.10. The van der Waals surface area contributed by atoms with Gasteiger partial charge in [0.2, 0.25) is 10.0 Å². The number of aromatic nitrogens is 1. The van der Waals surface area contributed by atoms with Crippen LogP contribution in [0.2, 0.25) is 0 Å². The van der Waals surface area contributed by atoms with Crippen LogP contribution in [-0.2, 0) is 14.8 Å². The van der Waals surface area contributed by atoms with Gasteiger partial charge in [0.05, 0.1) is 5.54 Å². The van der Waals surface area contributed by atoms with Crippen molar-refractivity contribution in [1.82, 2.24) is 14.6 Å². The Morgan fingerprint density at radius 2 is 2.12 bits per heavy atom. The molecule has 0 aliphatic carbocycles. The molecule has 2 rings (SSSR count). The zero-order valence-corrected chi connectivity index (χ0v) is 17.1. The second-order valence-electron chi connectivity index (χ2n) is 7.31. The molecule has 2 heterocycles. The van der Waals surface area contributed by atoms with E-state index in [1.807, 2.05) is 0 Å². The summed E-state index contributed by atoms with van der Waals surface area (Å²) in [6, 6.07) is 1.43. The lowest BCUT2D eigenvalue weighted by molar-refractivity contribution is 0.0470. The molecule has 3 N–H and O–H groups in total. The minimum Gasteiger partial charge on any atom is -0.444 e. The maximum Gasteiger partial charge on any atom is 0.408 e. The monoisotopic (exact) mass is 434 g/mol. The number of pyridine rings is 1. The number of carbonyl (C=O) groups excluding carboxylic acids is 1. The number of hydrogen-bond acceptors (Lipinski definition) is 6. The van der Waals surface area contributed by atoms with Crippen LogP contribution in [0.25, 0.3) is 0 Å². The minimum atomic E-state index is -3.81. The zero-order valence-electron chi connectivity index (χ0n) is 14.7. The molecular weight excluding hydrogens is 412 g/mol. The third-order valence-corrected chi connectivity index (χ3v) is 6.02. The first kappa shape index (κ1) is 19.9. The largest absolute Gasteiger partial charge is 0.444 e. The molecule has 140 valence electrons. The van der Waals surface area contributed by atoms with Crippen molar-refractivity contribution < 1.29 is 17.9 Å². The molecule has 1 saturated heterocycles. The molecule has 8 nitrogen and oxygen atoms in total. The molecule has 1 aromatic heterocycles. The Bertz CT molecular complexity index is 778. The maximum absolute atomic E-state index is 12.9. The molecule has 10 heteroatoms. The fourth-order valence-electron chi connectivity index (χ4n) is 2.55. The van der Waals surface area contributed by atoms with E-state index in [4.69, 9.17) is 10.5 Å². The molecule has 1 aliphatic heterocycles. The number of nitrogens with one attached hydrogen (secondary N) is 1. The van der Waals surface area contributed by atoms with Crippen molar-refractivity contribution in [3.05, 3.63) is 16.7 Å². The topological polar surface area (TPSA) is 115 Å². The number of rotatable bonds is 3. The van der Waals surface area contributed by atoms with Gasteiger partial charge in [-0.3, -0.25) is 0 Å². The standard InChI is InChI=1S/C15H23BrN4O4S/c1-14(2,3)24-13(21)19-15(4)5-6-20(9-15)25(22,23)11-7-10(16)8-18-12(11)17/h7-8H,5-6,9H2,1-4H3,(H2,17,18)(H,19,21)/t15-/m1/s1. The molecule has 1 aromatic rings. The first-order chi connectivity index (χ1) is 11.3. The van der Waals surface area contributed by atoms with Crippen LogP contribution in [-0.4, -0.2) is 48.0 Å². The Morgan fingerprint density at radius 3 is 2.72 bits per heavy atom. The zero-order chi connectivity index (χ0) is 19.0. The van der Waals surface area contributed by atoms with E-state index in [-0.39, 0.29) is 23.8 Å². The number of sulfonamides is 1. The Kier molecular flexibility index (Phi) is 5.36. The van der Waals surface area contributed by atoms with Crippen LogP contribution >= 0.6 is 15.9 Å². The average Bonchev–Trinajstić information content (AvgIpc) is 2.81. The summed E-state index contributed by atoms with van der Waals surface area (Å²) in [5.74, 6) is -0.0584. The number of ether oxygens (including phenoxy) is 1. The van der Waals surface area contributed by atoms with Gasteiger partial charge >= 0.3 is 6.09 Å². The summed E-state index contributed by atoms with van der Waals surface area (Å²) in [5.41, 5.74) is 4.39. The van der Waals surface area contributed by atoms with Crippen LogP contribution in [0.5, 0.6) is 0 Å². The lowest BCUT2D eigenvalue weighted by Gasteiger charge is -2.28. The van der Waals surface area contributed by atoms with Crippen molar-refractivity contribution in [2.75, 3.05) is 18.8 Å². The van der Waals surface area contributed by atoms with Gasteiger partial charge in [-0.15, -0.1) is 0 Å². The van der Waals surface area contributed by atoms with Crippen molar-refractivity contribution in [2.24, 2.45) is 0 Å². The van der Waals surface area contributed by atoms with Gasteiger partial charge in [0.1, 0.15) is 16.3 Å². The number of nitrogens with zero attached hydrogens (tertiary/aromatic N) is 2. The second-order valence-corrected chi connectivity index (χ2v) is 10.1. The highest BCUT2D eigenvalue weighted by Gasteiger charge is 2.42. The molecule has 1 amide bonds. The van der Waals surface area contributed by atoms with Crippen LogP contribution in [0, 0.1) is 0 Å². The Balaban J connectivity index is 2.16. The molecule has 25 heavy (non-hydrogen) atoms. The van der Waals surface area contributed by atoms with Crippen LogP contribution in [0.15, 0.2) is 21.6 Å². The summed E-state index contributed by atoms with van der Waals surface area (Å²) in [5, 5.41) is 2.77. The summed E-state index contributed by atoms with van der Waals surface area (Å²) < 4.78 is 32.8. The highest BCUT2D eigenvalue weighted by atomic mass is 79.9. The Morgan fingerprint density at radius 1 is 1.48 bits per heavy atom. The summed E-state index contributed by atoms with van der Waals surface area (Å²) in [6.45, 7) is 7.48. The predicted molar refractivity (Wildman–Crippen MR) is 97.5 cm³/mol. The molecule has 0 radical (unpaired) electrons. The van der Waals surface area contributed by atoms with E-state index >= 15 is 0 Å². The Labute approximate surface area is 156 Å². The molecule has 0 spiro atoms.